The van der Waals surface area contributed by atoms with Gasteiger partial charge in [0, 0.05) is 10.9 Å². The van der Waals surface area contributed by atoms with Crippen LogP contribution >= 0.6 is 0 Å². The fourth-order valence-electron chi connectivity index (χ4n) is 3.20. The van der Waals surface area contributed by atoms with Crippen molar-refractivity contribution >= 4 is 16.9 Å². The molecule has 2 aromatic carbocycles. The summed E-state index contributed by atoms with van der Waals surface area (Å²) in [5.74, 6) is 0.161. The third kappa shape index (κ3) is 2.99. The summed E-state index contributed by atoms with van der Waals surface area (Å²) in [6.07, 6.45) is 2.09. The van der Waals surface area contributed by atoms with Crippen molar-refractivity contribution in [3.05, 3.63) is 71.3 Å². The van der Waals surface area contributed by atoms with Crippen LogP contribution in [-0.4, -0.2) is 21.2 Å². The van der Waals surface area contributed by atoms with Gasteiger partial charge < -0.3 is 14.0 Å². The van der Waals surface area contributed by atoms with E-state index in [2.05, 4.69) is 16.7 Å². The zero-order valence-electron chi connectivity index (χ0n) is 15.5. The Labute approximate surface area is 161 Å². The number of carboxylic acids is 1. The molecule has 0 amide bonds. The van der Waals surface area contributed by atoms with E-state index in [1.807, 2.05) is 32.0 Å². The number of hydrogen-bond donors (Lipinski definition) is 1. The zero-order chi connectivity index (χ0) is 19.8. The summed E-state index contributed by atoms with van der Waals surface area (Å²) in [6, 6.07) is 10.9. The maximum absolute atomic E-state index is 11.4. The van der Waals surface area contributed by atoms with Crippen LogP contribution in [0.3, 0.4) is 0 Å². The fraction of sp³-hybridized carbons (Fsp3) is 0.136. The van der Waals surface area contributed by atoms with Gasteiger partial charge >= 0.3 is 5.97 Å². The van der Waals surface area contributed by atoms with E-state index >= 15 is 0 Å². The van der Waals surface area contributed by atoms with E-state index in [9.17, 15) is 9.90 Å². The number of fused-ring (bicyclic) bond motifs is 1. The van der Waals surface area contributed by atoms with Crippen molar-refractivity contribution in [3.8, 4) is 23.0 Å². The number of furan rings is 1. The monoisotopic (exact) mass is 374 g/mol. The molecule has 2 heterocycles. The first kappa shape index (κ1) is 17.7. The molecule has 0 saturated carbocycles. The van der Waals surface area contributed by atoms with Gasteiger partial charge in [-0.25, -0.2) is 4.79 Å². The molecular formula is C22H18N2O4. The highest BCUT2D eigenvalue weighted by molar-refractivity contribution is 5.90. The molecule has 0 spiro atoms. The molecule has 0 saturated heterocycles. The summed E-state index contributed by atoms with van der Waals surface area (Å²) in [7, 11) is 0. The molecule has 6 heteroatoms. The number of rotatable bonds is 5. The van der Waals surface area contributed by atoms with Crippen LogP contribution in [0.5, 0.6) is 0 Å². The lowest BCUT2D eigenvalue weighted by Crippen LogP contribution is -2.02. The molecule has 6 nitrogen and oxygen atoms in total. The van der Waals surface area contributed by atoms with Crippen LogP contribution in [0, 0.1) is 13.8 Å². The van der Waals surface area contributed by atoms with Crippen molar-refractivity contribution in [3.63, 3.8) is 0 Å². The van der Waals surface area contributed by atoms with Gasteiger partial charge in [0.2, 0.25) is 5.82 Å². The molecule has 0 unspecified atom stereocenters. The van der Waals surface area contributed by atoms with Gasteiger partial charge in [-0.2, -0.15) is 4.98 Å². The molecule has 28 heavy (non-hydrogen) atoms. The van der Waals surface area contributed by atoms with Crippen LogP contribution in [0.25, 0.3) is 34.0 Å². The number of benzene rings is 2. The first-order chi connectivity index (χ1) is 13.5. The Morgan fingerprint density at radius 1 is 1.18 bits per heavy atom. The minimum absolute atomic E-state index is 0.232. The molecule has 0 fully saturated rings. The van der Waals surface area contributed by atoms with Crippen LogP contribution < -0.4 is 0 Å². The van der Waals surface area contributed by atoms with E-state index in [4.69, 9.17) is 8.94 Å². The van der Waals surface area contributed by atoms with Crippen LogP contribution in [-0.2, 0) is 6.42 Å². The standard InChI is InChI=1S/C22H18N2O4/c1-4-5-14-10-15(8-9-16(14)22(25)26)20-23-21(28-24-20)18-11-17-12(2)6-7-13(3)19(17)27-18/h4,6-11H,1,5H2,2-3H3,(H,25,26). The second-order valence-corrected chi connectivity index (χ2v) is 6.65. The minimum Gasteiger partial charge on any atom is -0.478 e. The third-order valence-electron chi connectivity index (χ3n) is 4.69. The molecule has 0 aliphatic carbocycles. The van der Waals surface area contributed by atoms with Crippen molar-refractivity contribution in [2.75, 3.05) is 0 Å². The van der Waals surface area contributed by atoms with Gasteiger partial charge in [-0.1, -0.05) is 29.4 Å². The van der Waals surface area contributed by atoms with Gasteiger partial charge in [0.15, 0.2) is 5.76 Å². The first-order valence-corrected chi connectivity index (χ1v) is 8.79. The maximum Gasteiger partial charge on any atom is 0.335 e. The molecular weight excluding hydrogens is 356 g/mol. The molecule has 1 N–H and O–H groups in total. The Morgan fingerprint density at radius 3 is 2.68 bits per heavy atom. The third-order valence-corrected chi connectivity index (χ3v) is 4.69. The lowest BCUT2D eigenvalue weighted by Gasteiger charge is -2.05. The predicted octanol–water partition coefficient (Wildman–Crippen LogP) is 5.19. The van der Waals surface area contributed by atoms with Gasteiger partial charge in [0.1, 0.15) is 5.58 Å². The normalized spacial score (nSPS) is 11.1. The smallest absolute Gasteiger partial charge is 0.335 e. The highest BCUT2D eigenvalue weighted by Gasteiger charge is 2.18. The van der Waals surface area contributed by atoms with E-state index in [1.165, 1.54) is 0 Å². The van der Waals surface area contributed by atoms with Crippen LogP contribution in [0.1, 0.15) is 27.0 Å². The largest absolute Gasteiger partial charge is 0.478 e. The van der Waals surface area contributed by atoms with E-state index in [-0.39, 0.29) is 11.5 Å². The average molecular weight is 374 g/mol. The number of aryl methyl sites for hydroxylation is 2. The summed E-state index contributed by atoms with van der Waals surface area (Å²) in [4.78, 5) is 15.8. The quantitative estimate of drug-likeness (QED) is 0.483. The molecule has 0 aliphatic rings. The van der Waals surface area contributed by atoms with Gasteiger partial charge in [-0.3, -0.25) is 0 Å². The lowest BCUT2D eigenvalue weighted by atomic mass is 10.0. The van der Waals surface area contributed by atoms with Gasteiger partial charge in [0.05, 0.1) is 5.56 Å². The van der Waals surface area contributed by atoms with Gasteiger partial charge in [0.25, 0.3) is 5.89 Å². The second-order valence-electron chi connectivity index (χ2n) is 6.65. The number of allylic oxidation sites excluding steroid dienone is 1. The van der Waals surface area contributed by atoms with Crippen LogP contribution in [0.2, 0.25) is 0 Å². The minimum atomic E-state index is -0.981. The summed E-state index contributed by atoms with van der Waals surface area (Å²) < 4.78 is 11.3. The van der Waals surface area contributed by atoms with E-state index in [1.54, 1.807) is 24.3 Å². The van der Waals surface area contributed by atoms with Gasteiger partial charge in [-0.15, -0.1) is 6.58 Å². The number of nitrogens with zero attached hydrogens (tertiary/aromatic N) is 2. The summed E-state index contributed by atoms with van der Waals surface area (Å²) in [5, 5.41) is 14.4. The summed E-state index contributed by atoms with van der Waals surface area (Å²) >= 11 is 0. The molecule has 2 aromatic heterocycles. The molecule has 140 valence electrons. The van der Waals surface area contributed by atoms with Crippen LogP contribution in [0.15, 0.2) is 58.0 Å². The zero-order valence-corrected chi connectivity index (χ0v) is 15.5. The van der Waals surface area contributed by atoms with Crippen LogP contribution in [0.4, 0.5) is 0 Å². The summed E-state index contributed by atoms with van der Waals surface area (Å²) in [5.41, 5.74) is 4.48. The predicted molar refractivity (Wildman–Crippen MR) is 105 cm³/mol. The Morgan fingerprint density at radius 2 is 1.96 bits per heavy atom. The number of hydrogen-bond acceptors (Lipinski definition) is 5. The Balaban J connectivity index is 1.75. The average Bonchev–Trinajstić information content (AvgIpc) is 3.32. The molecule has 0 bridgehead atoms. The summed E-state index contributed by atoms with van der Waals surface area (Å²) in [6.45, 7) is 7.69. The van der Waals surface area contributed by atoms with Crippen molar-refractivity contribution in [1.29, 1.82) is 0 Å². The highest BCUT2D eigenvalue weighted by atomic mass is 16.5. The topological polar surface area (TPSA) is 89.4 Å². The molecule has 4 rings (SSSR count). The highest BCUT2D eigenvalue weighted by Crippen LogP contribution is 2.32. The number of aromatic nitrogens is 2. The fourth-order valence-corrected chi connectivity index (χ4v) is 3.20. The Kier molecular flexibility index (Phi) is 4.31. The Hall–Kier alpha value is -3.67. The van der Waals surface area contributed by atoms with E-state index < -0.39 is 5.97 Å². The number of aromatic carboxylic acids is 1. The van der Waals surface area contributed by atoms with Crippen molar-refractivity contribution in [1.82, 2.24) is 10.1 Å². The molecule has 0 aliphatic heterocycles. The molecule has 4 aromatic rings. The SMILES string of the molecule is C=CCc1cc(-c2noc(-c3cc4c(C)ccc(C)c4o3)n2)ccc1C(=O)O. The van der Waals surface area contributed by atoms with E-state index in [0.29, 0.717) is 29.1 Å². The molecule has 0 atom stereocenters. The van der Waals surface area contributed by atoms with Crippen molar-refractivity contribution < 1.29 is 18.8 Å². The molecule has 0 radical (unpaired) electrons. The Bertz CT molecular complexity index is 1180. The maximum atomic E-state index is 11.4. The first-order valence-electron chi connectivity index (χ1n) is 8.79. The number of carbonyl (C=O) groups is 1. The second kappa shape index (κ2) is 6.81. The van der Waals surface area contributed by atoms with Crippen molar-refractivity contribution in [2.24, 2.45) is 0 Å². The van der Waals surface area contributed by atoms with Gasteiger partial charge in [-0.05, 0) is 55.2 Å². The number of carboxylic acid groups (broad SMARTS) is 1. The van der Waals surface area contributed by atoms with E-state index in [0.717, 1.165) is 22.1 Å². The van der Waals surface area contributed by atoms with Crippen molar-refractivity contribution in [2.45, 2.75) is 20.3 Å². The lowest BCUT2D eigenvalue weighted by molar-refractivity contribution is 0.0696.